The summed E-state index contributed by atoms with van der Waals surface area (Å²) in [4.78, 5) is 0. The molecule has 0 aliphatic carbocycles. The van der Waals surface area contributed by atoms with Crippen molar-refractivity contribution in [3.63, 3.8) is 0 Å². The van der Waals surface area contributed by atoms with Crippen LogP contribution in [-0.4, -0.2) is 37.1 Å². The minimum atomic E-state index is -2.64. The molecular formula is C19H32N4Sn. The summed E-state index contributed by atoms with van der Waals surface area (Å²) in [6.07, 6.45) is 7.74. The molecule has 0 aliphatic heterocycles. The Morgan fingerprint density at radius 2 is 1.38 bits per heavy atom. The zero-order chi connectivity index (χ0) is 17.3. The molecule has 4 nitrogen and oxygen atoms in total. The standard InChI is InChI=1S/C7H5N4.3C4H9.Sn/c1-2-4-6(5-3-1)7-8-10-11-9-7;3*1-3-4-2;/h1-5H;3*1,3-4H2,2H3;/q-1;;;;+1. The summed E-state index contributed by atoms with van der Waals surface area (Å²) in [5, 5.41) is 13.1. The van der Waals surface area contributed by atoms with E-state index in [2.05, 4.69) is 69.5 Å². The fourth-order valence-corrected chi connectivity index (χ4v) is 18.5. The van der Waals surface area contributed by atoms with Gasteiger partial charge in [-0.05, 0) is 0 Å². The van der Waals surface area contributed by atoms with Crippen molar-refractivity contribution in [1.82, 2.24) is 18.4 Å². The second kappa shape index (κ2) is 10.2. The number of hydrogen-bond donors (Lipinski definition) is 0. The molecule has 1 aromatic carbocycles. The molecule has 0 aliphatic rings. The number of rotatable bonds is 11. The molecule has 24 heavy (non-hydrogen) atoms. The molecule has 0 atom stereocenters. The Morgan fingerprint density at radius 3 is 1.88 bits per heavy atom. The average Bonchev–Trinajstić information content (AvgIpc) is 3.12. The summed E-state index contributed by atoms with van der Waals surface area (Å²) in [6, 6.07) is 10.5. The fourth-order valence-electron chi connectivity index (χ4n) is 3.48. The maximum absolute atomic E-state index is 4.57. The molecule has 0 spiro atoms. The van der Waals surface area contributed by atoms with Gasteiger partial charge in [-0.3, -0.25) is 0 Å². The predicted molar refractivity (Wildman–Crippen MR) is 104 cm³/mol. The van der Waals surface area contributed by atoms with E-state index >= 15 is 0 Å². The van der Waals surface area contributed by atoms with Crippen LogP contribution in [0.4, 0.5) is 0 Å². The number of tetrazole rings is 1. The van der Waals surface area contributed by atoms with Crippen molar-refractivity contribution in [2.45, 2.75) is 72.6 Å². The third kappa shape index (κ3) is 4.80. The summed E-state index contributed by atoms with van der Waals surface area (Å²) < 4.78 is 6.48. The van der Waals surface area contributed by atoms with Crippen LogP contribution < -0.4 is 0 Å². The summed E-state index contributed by atoms with van der Waals surface area (Å²) in [6.45, 7) is 6.90. The van der Waals surface area contributed by atoms with Crippen LogP contribution in [-0.2, 0) is 0 Å². The Labute approximate surface area is 151 Å². The summed E-state index contributed by atoms with van der Waals surface area (Å²) in [5.41, 5.74) is 1.16. The van der Waals surface area contributed by atoms with E-state index in [-0.39, 0.29) is 0 Å². The first-order chi connectivity index (χ1) is 11.8. The van der Waals surface area contributed by atoms with E-state index in [0.29, 0.717) is 0 Å². The van der Waals surface area contributed by atoms with Gasteiger partial charge in [0.1, 0.15) is 0 Å². The molecule has 5 heteroatoms. The van der Waals surface area contributed by atoms with Crippen molar-refractivity contribution >= 4 is 18.7 Å². The summed E-state index contributed by atoms with van der Waals surface area (Å²) >= 11 is -2.64. The molecule has 0 N–H and O–H groups in total. The van der Waals surface area contributed by atoms with Gasteiger partial charge in [0, 0.05) is 0 Å². The molecule has 0 bridgehead atoms. The zero-order valence-corrected chi connectivity index (χ0v) is 18.4. The van der Waals surface area contributed by atoms with Crippen LogP contribution in [0.15, 0.2) is 30.3 Å². The Balaban J connectivity index is 2.43. The van der Waals surface area contributed by atoms with E-state index in [4.69, 9.17) is 0 Å². The Bertz CT molecular complexity index is 560. The number of hydrogen-bond acceptors (Lipinski definition) is 3. The molecule has 132 valence electrons. The second-order valence-corrected chi connectivity index (χ2v) is 19.3. The van der Waals surface area contributed by atoms with Crippen molar-refractivity contribution in [2.75, 3.05) is 0 Å². The number of unbranched alkanes of at least 4 members (excludes halogenated alkanes) is 3. The van der Waals surface area contributed by atoms with Crippen LogP contribution in [0.5, 0.6) is 0 Å². The van der Waals surface area contributed by atoms with Crippen molar-refractivity contribution in [3.05, 3.63) is 30.3 Å². The van der Waals surface area contributed by atoms with E-state index in [1.807, 2.05) is 0 Å². The normalized spacial score (nSPS) is 11.8. The molecular weight excluding hydrogens is 403 g/mol. The Kier molecular flexibility index (Phi) is 8.22. The van der Waals surface area contributed by atoms with Crippen molar-refractivity contribution < 1.29 is 0 Å². The van der Waals surface area contributed by atoms with Crippen LogP contribution in [0.1, 0.15) is 59.3 Å². The van der Waals surface area contributed by atoms with Crippen LogP contribution in [0.3, 0.4) is 0 Å². The van der Waals surface area contributed by atoms with Gasteiger partial charge in [-0.25, -0.2) is 0 Å². The molecule has 1 heterocycles. The van der Waals surface area contributed by atoms with E-state index in [0.717, 1.165) is 11.4 Å². The molecule has 2 rings (SSSR count). The van der Waals surface area contributed by atoms with E-state index in [1.165, 1.54) is 51.8 Å². The van der Waals surface area contributed by atoms with Gasteiger partial charge in [0.25, 0.3) is 0 Å². The first-order valence-corrected chi connectivity index (χ1v) is 16.9. The van der Waals surface area contributed by atoms with Crippen molar-refractivity contribution in [3.8, 4) is 11.4 Å². The van der Waals surface area contributed by atoms with E-state index in [9.17, 15) is 0 Å². The summed E-state index contributed by atoms with van der Waals surface area (Å²) in [7, 11) is 0. The van der Waals surface area contributed by atoms with E-state index < -0.39 is 18.7 Å². The van der Waals surface area contributed by atoms with Crippen LogP contribution in [0, 0.1) is 0 Å². The monoisotopic (exact) mass is 436 g/mol. The molecule has 0 amide bonds. The Morgan fingerprint density at radius 1 is 0.833 bits per heavy atom. The molecule has 2 aromatic rings. The molecule has 0 saturated carbocycles. The zero-order valence-electron chi connectivity index (χ0n) is 15.5. The molecule has 0 radical (unpaired) electrons. The van der Waals surface area contributed by atoms with Gasteiger partial charge < -0.3 is 0 Å². The van der Waals surface area contributed by atoms with Gasteiger partial charge >= 0.3 is 151 Å². The number of benzene rings is 1. The molecule has 0 saturated heterocycles. The average molecular weight is 435 g/mol. The van der Waals surface area contributed by atoms with Gasteiger partial charge in [-0.15, -0.1) is 0 Å². The quantitative estimate of drug-likeness (QED) is 0.436. The van der Waals surface area contributed by atoms with Gasteiger partial charge in [-0.2, -0.15) is 0 Å². The minimum absolute atomic E-state index is 1.01. The first kappa shape index (κ1) is 19.4. The summed E-state index contributed by atoms with van der Waals surface area (Å²) in [5.74, 6) is 1.01. The molecule has 0 fully saturated rings. The number of nitrogens with zero attached hydrogens (tertiary/aromatic N) is 4. The SMILES string of the molecule is CCC[CH2][Sn]([CH2]CCC)([CH2]CCC)[n]1nnnc1-c1ccccc1. The van der Waals surface area contributed by atoms with Gasteiger partial charge in [0.2, 0.25) is 0 Å². The molecule has 1 aromatic heterocycles. The van der Waals surface area contributed by atoms with Gasteiger partial charge in [-0.1, -0.05) is 0 Å². The van der Waals surface area contributed by atoms with Crippen LogP contribution >= 0.6 is 0 Å². The van der Waals surface area contributed by atoms with Crippen molar-refractivity contribution in [2.24, 2.45) is 0 Å². The topological polar surface area (TPSA) is 43.6 Å². The van der Waals surface area contributed by atoms with Gasteiger partial charge in [0.15, 0.2) is 0 Å². The third-order valence-electron chi connectivity index (χ3n) is 4.94. The maximum atomic E-state index is 4.57. The van der Waals surface area contributed by atoms with E-state index in [1.54, 1.807) is 0 Å². The Hall–Kier alpha value is -0.911. The molecule has 0 unspecified atom stereocenters. The first-order valence-electron chi connectivity index (χ1n) is 9.61. The van der Waals surface area contributed by atoms with Gasteiger partial charge in [0.05, 0.1) is 0 Å². The van der Waals surface area contributed by atoms with Crippen molar-refractivity contribution in [1.29, 1.82) is 0 Å². The van der Waals surface area contributed by atoms with Crippen LogP contribution in [0.25, 0.3) is 11.4 Å². The predicted octanol–water partition coefficient (Wildman–Crippen LogP) is 5.53. The third-order valence-corrected chi connectivity index (χ3v) is 19.4. The second-order valence-electron chi connectivity index (χ2n) is 6.82. The fraction of sp³-hybridized carbons (Fsp3) is 0.632. The number of aromatic nitrogens is 4. The van der Waals surface area contributed by atoms with Crippen LogP contribution in [0.2, 0.25) is 13.3 Å².